The first-order chi connectivity index (χ1) is 7.01. The molecule has 84 valence electrons. The Balaban J connectivity index is 2.45. The Kier molecular flexibility index (Phi) is 4.61. The van der Waals surface area contributed by atoms with Crippen LogP contribution < -0.4 is 0 Å². The van der Waals surface area contributed by atoms with Crippen molar-refractivity contribution in [3.63, 3.8) is 0 Å². The molecule has 0 saturated heterocycles. The zero-order valence-electron chi connectivity index (χ0n) is 8.74. The lowest BCUT2D eigenvalue weighted by Crippen LogP contribution is -1.99. The van der Waals surface area contributed by atoms with E-state index in [1.807, 2.05) is 12.1 Å². The lowest BCUT2D eigenvalue weighted by molar-refractivity contribution is 0.607. The van der Waals surface area contributed by atoms with Crippen LogP contribution in [0.15, 0.2) is 24.3 Å². The Morgan fingerprint density at radius 2 is 1.67 bits per heavy atom. The van der Waals surface area contributed by atoms with Gasteiger partial charge in [-0.25, -0.2) is 8.42 Å². The Labute approximate surface area is 95.7 Å². The first kappa shape index (κ1) is 12.5. The molecule has 0 aliphatic carbocycles. The van der Waals surface area contributed by atoms with Crippen molar-refractivity contribution in [3.8, 4) is 0 Å². The SMILES string of the molecule is CCc1ccc(CCCS(=O)(=O)Cl)cc1. The molecule has 0 spiro atoms. The van der Waals surface area contributed by atoms with Crippen molar-refractivity contribution < 1.29 is 8.42 Å². The average molecular weight is 247 g/mol. The highest BCUT2D eigenvalue weighted by Crippen LogP contribution is 2.09. The summed E-state index contributed by atoms with van der Waals surface area (Å²) in [5.74, 6) is 0.0457. The molecular formula is C11H15ClO2S. The number of halogens is 1. The van der Waals surface area contributed by atoms with E-state index in [2.05, 4.69) is 19.1 Å². The zero-order valence-corrected chi connectivity index (χ0v) is 10.3. The molecule has 0 bridgehead atoms. The van der Waals surface area contributed by atoms with E-state index in [9.17, 15) is 8.42 Å². The van der Waals surface area contributed by atoms with Crippen molar-refractivity contribution in [2.24, 2.45) is 0 Å². The van der Waals surface area contributed by atoms with Crippen LogP contribution in [0.1, 0.15) is 24.5 Å². The van der Waals surface area contributed by atoms with Crippen LogP contribution in [0.25, 0.3) is 0 Å². The molecule has 0 heterocycles. The molecule has 0 fully saturated rings. The third-order valence-electron chi connectivity index (χ3n) is 2.28. The van der Waals surface area contributed by atoms with Crippen molar-refractivity contribution in [3.05, 3.63) is 35.4 Å². The molecule has 1 aromatic rings. The van der Waals surface area contributed by atoms with Crippen LogP contribution in [0.2, 0.25) is 0 Å². The van der Waals surface area contributed by atoms with Crippen molar-refractivity contribution in [1.29, 1.82) is 0 Å². The number of rotatable bonds is 5. The van der Waals surface area contributed by atoms with Crippen LogP contribution >= 0.6 is 10.7 Å². The maximum absolute atomic E-state index is 10.7. The summed E-state index contributed by atoms with van der Waals surface area (Å²) in [4.78, 5) is 0. The van der Waals surface area contributed by atoms with E-state index in [1.165, 1.54) is 5.56 Å². The van der Waals surface area contributed by atoms with Crippen molar-refractivity contribution in [2.75, 3.05) is 5.75 Å². The molecule has 4 heteroatoms. The van der Waals surface area contributed by atoms with E-state index >= 15 is 0 Å². The van der Waals surface area contributed by atoms with Gasteiger partial charge in [0.1, 0.15) is 0 Å². The summed E-state index contributed by atoms with van der Waals surface area (Å²) in [5, 5.41) is 0. The van der Waals surface area contributed by atoms with Gasteiger partial charge < -0.3 is 0 Å². The second-order valence-corrected chi connectivity index (χ2v) is 6.41. The topological polar surface area (TPSA) is 34.1 Å². The Morgan fingerprint density at radius 1 is 1.13 bits per heavy atom. The molecule has 2 nitrogen and oxygen atoms in total. The quantitative estimate of drug-likeness (QED) is 0.749. The molecule has 15 heavy (non-hydrogen) atoms. The van der Waals surface area contributed by atoms with Gasteiger partial charge >= 0.3 is 0 Å². The normalized spacial score (nSPS) is 11.6. The highest BCUT2D eigenvalue weighted by atomic mass is 35.7. The van der Waals surface area contributed by atoms with Gasteiger partial charge in [0.25, 0.3) is 0 Å². The first-order valence-corrected chi connectivity index (χ1v) is 7.49. The molecule has 0 aliphatic heterocycles. The fourth-order valence-electron chi connectivity index (χ4n) is 1.39. The summed E-state index contributed by atoms with van der Waals surface area (Å²) in [6.45, 7) is 2.11. The summed E-state index contributed by atoms with van der Waals surface area (Å²) in [7, 11) is 1.78. The Morgan fingerprint density at radius 3 is 2.13 bits per heavy atom. The van der Waals surface area contributed by atoms with Gasteiger partial charge in [0, 0.05) is 10.7 Å². The number of aryl methyl sites for hydroxylation is 2. The maximum Gasteiger partial charge on any atom is 0.232 e. The molecule has 0 unspecified atom stereocenters. The van der Waals surface area contributed by atoms with Crippen molar-refractivity contribution in [2.45, 2.75) is 26.2 Å². The molecule has 0 amide bonds. The summed E-state index contributed by atoms with van der Waals surface area (Å²) in [6, 6.07) is 8.23. The van der Waals surface area contributed by atoms with Crippen LogP contribution in [-0.2, 0) is 21.9 Å². The molecule has 0 aromatic heterocycles. The predicted molar refractivity (Wildman–Crippen MR) is 63.8 cm³/mol. The van der Waals surface area contributed by atoms with E-state index in [-0.39, 0.29) is 5.75 Å². The minimum absolute atomic E-state index is 0.0457. The fourth-order valence-corrected chi connectivity index (χ4v) is 2.21. The first-order valence-electron chi connectivity index (χ1n) is 5.01. The molecular weight excluding hydrogens is 232 g/mol. The van der Waals surface area contributed by atoms with Gasteiger partial charge in [-0.1, -0.05) is 31.2 Å². The van der Waals surface area contributed by atoms with Crippen LogP contribution in [0.5, 0.6) is 0 Å². The van der Waals surface area contributed by atoms with Crippen molar-refractivity contribution >= 4 is 19.7 Å². The third-order valence-corrected chi connectivity index (χ3v) is 3.52. The minimum atomic E-state index is -3.33. The van der Waals surface area contributed by atoms with Crippen LogP contribution in [0.4, 0.5) is 0 Å². The standard InChI is InChI=1S/C11H15ClO2S/c1-2-10-5-7-11(8-6-10)4-3-9-15(12,13)14/h5-8H,2-4,9H2,1H3. The monoisotopic (exact) mass is 246 g/mol. The average Bonchev–Trinajstić information content (AvgIpc) is 2.17. The zero-order chi connectivity index (χ0) is 11.3. The van der Waals surface area contributed by atoms with Crippen molar-refractivity contribution in [1.82, 2.24) is 0 Å². The Hall–Kier alpha value is -0.540. The molecule has 1 rings (SSSR count). The largest absolute Gasteiger partial charge is 0.232 e. The van der Waals surface area contributed by atoms with E-state index in [4.69, 9.17) is 10.7 Å². The second kappa shape index (κ2) is 5.52. The van der Waals surface area contributed by atoms with E-state index in [0.717, 1.165) is 18.4 Å². The van der Waals surface area contributed by atoms with Crippen LogP contribution in [0, 0.1) is 0 Å². The summed E-state index contributed by atoms with van der Waals surface area (Å²) in [6.07, 6.45) is 2.36. The molecule has 0 saturated carbocycles. The van der Waals surface area contributed by atoms with Gasteiger partial charge in [0.05, 0.1) is 5.75 Å². The molecule has 0 N–H and O–H groups in total. The van der Waals surface area contributed by atoms with E-state index in [1.54, 1.807) is 0 Å². The van der Waals surface area contributed by atoms with Gasteiger partial charge in [-0.3, -0.25) is 0 Å². The summed E-state index contributed by atoms with van der Waals surface area (Å²) in [5.41, 5.74) is 2.45. The molecule has 0 aliphatic rings. The van der Waals surface area contributed by atoms with Gasteiger partial charge in [0.2, 0.25) is 9.05 Å². The highest BCUT2D eigenvalue weighted by molar-refractivity contribution is 8.13. The number of hydrogen-bond donors (Lipinski definition) is 0. The number of benzene rings is 1. The van der Waals surface area contributed by atoms with Gasteiger partial charge in [-0.2, -0.15) is 0 Å². The van der Waals surface area contributed by atoms with Gasteiger partial charge in [-0.15, -0.1) is 0 Å². The highest BCUT2D eigenvalue weighted by Gasteiger charge is 2.04. The minimum Gasteiger partial charge on any atom is -0.212 e. The third kappa shape index (κ3) is 5.19. The summed E-state index contributed by atoms with van der Waals surface area (Å²) < 4.78 is 21.4. The lowest BCUT2D eigenvalue weighted by atomic mass is 10.1. The molecule has 1 aromatic carbocycles. The maximum atomic E-state index is 10.7. The van der Waals surface area contributed by atoms with Gasteiger partial charge in [-0.05, 0) is 30.4 Å². The van der Waals surface area contributed by atoms with Crippen LogP contribution in [0.3, 0.4) is 0 Å². The Bertz CT molecular complexity index is 395. The van der Waals surface area contributed by atoms with E-state index in [0.29, 0.717) is 6.42 Å². The summed E-state index contributed by atoms with van der Waals surface area (Å²) >= 11 is 0. The smallest absolute Gasteiger partial charge is 0.212 e. The number of hydrogen-bond acceptors (Lipinski definition) is 2. The fraction of sp³-hybridized carbons (Fsp3) is 0.455. The van der Waals surface area contributed by atoms with Gasteiger partial charge in [0.15, 0.2) is 0 Å². The molecule has 0 radical (unpaired) electrons. The second-order valence-electron chi connectivity index (χ2n) is 3.52. The lowest BCUT2D eigenvalue weighted by Gasteiger charge is -2.01. The predicted octanol–water partition coefficient (Wildman–Crippen LogP) is 2.75. The van der Waals surface area contributed by atoms with E-state index < -0.39 is 9.05 Å². The van der Waals surface area contributed by atoms with Crippen LogP contribution in [-0.4, -0.2) is 14.2 Å². The molecule has 0 atom stereocenters.